The van der Waals surface area contributed by atoms with E-state index in [1.54, 1.807) is 18.5 Å². The molecule has 1 atom stereocenters. The molecule has 1 saturated heterocycles. The third-order valence-electron chi connectivity index (χ3n) is 6.76. The fraction of sp³-hybridized carbons (Fsp3) is 0.276. The number of ketones is 1. The topological polar surface area (TPSA) is 73.7 Å². The molecule has 0 radical (unpaired) electrons. The van der Waals surface area contributed by atoms with Gasteiger partial charge in [0.15, 0.2) is 0 Å². The summed E-state index contributed by atoms with van der Waals surface area (Å²) in [7, 11) is 0. The lowest BCUT2D eigenvalue weighted by atomic mass is 9.94. The van der Waals surface area contributed by atoms with Gasteiger partial charge in [-0.25, -0.2) is 0 Å². The minimum Gasteiger partial charge on any atom is -0.507 e. The maximum atomic E-state index is 13.3. The maximum absolute atomic E-state index is 13.3. The lowest BCUT2D eigenvalue weighted by Crippen LogP contribution is -2.29. The van der Waals surface area contributed by atoms with E-state index in [1.807, 2.05) is 62.4 Å². The number of rotatable bonds is 7. The molecular formula is C29H31N3O3. The van der Waals surface area contributed by atoms with Crippen LogP contribution in [0.2, 0.25) is 0 Å². The van der Waals surface area contributed by atoms with Crippen LogP contribution in [-0.4, -0.2) is 39.8 Å². The van der Waals surface area contributed by atoms with Gasteiger partial charge in [0.2, 0.25) is 0 Å². The van der Waals surface area contributed by atoms with Crippen LogP contribution >= 0.6 is 0 Å². The molecular weight excluding hydrogens is 438 g/mol. The van der Waals surface area contributed by atoms with Gasteiger partial charge in [-0.1, -0.05) is 24.3 Å². The molecule has 3 aromatic rings. The van der Waals surface area contributed by atoms with Gasteiger partial charge in [0.05, 0.1) is 11.6 Å². The summed E-state index contributed by atoms with van der Waals surface area (Å²) in [5.41, 5.74) is 5.43. The number of pyridine rings is 1. The Labute approximate surface area is 206 Å². The minimum absolute atomic E-state index is 0.114. The number of aromatic nitrogens is 1. The van der Waals surface area contributed by atoms with Crippen molar-refractivity contribution in [2.45, 2.75) is 40.3 Å². The summed E-state index contributed by atoms with van der Waals surface area (Å²) in [5, 5.41) is 11.3. The van der Waals surface area contributed by atoms with Crippen LogP contribution in [0, 0.1) is 13.8 Å². The summed E-state index contributed by atoms with van der Waals surface area (Å²) in [5.74, 6) is -1.45. The Morgan fingerprint density at radius 3 is 2.20 bits per heavy atom. The summed E-state index contributed by atoms with van der Waals surface area (Å²) in [4.78, 5) is 34.3. The number of nitrogens with zero attached hydrogens (tertiary/aromatic N) is 3. The number of amides is 1. The van der Waals surface area contributed by atoms with E-state index in [4.69, 9.17) is 0 Å². The summed E-state index contributed by atoms with van der Waals surface area (Å²) < 4.78 is 0. The van der Waals surface area contributed by atoms with E-state index in [1.165, 1.54) is 4.90 Å². The second-order valence-electron chi connectivity index (χ2n) is 8.85. The number of hydrogen-bond acceptors (Lipinski definition) is 5. The van der Waals surface area contributed by atoms with Crippen LogP contribution in [0.1, 0.15) is 47.7 Å². The lowest BCUT2D eigenvalue weighted by Gasteiger charge is -2.27. The first-order valence-electron chi connectivity index (χ1n) is 12.0. The molecule has 2 aromatic carbocycles. The molecule has 0 bridgehead atoms. The van der Waals surface area contributed by atoms with E-state index >= 15 is 0 Å². The number of likely N-dealkylation sites (tertiary alicyclic amines) is 1. The first-order chi connectivity index (χ1) is 16.8. The number of aliphatic hydroxyl groups is 1. The second-order valence-corrected chi connectivity index (χ2v) is 8.85. The highest BCUT2D eigenvalue weighted by molar-refractivity contribution is 6.46. The second kappa shape index (κ2) is 10.1. The molecule has 0 saturated carbocycles. The zero-order valence-electron chi connectivity index (χ0n) is 20.7. The van der Waals surface area contributed by atoms with Gasteiger partial charge < -0.3 is 14.9 Å². The smallest absolute Gasteiger partial charge is 0.295 e. The summed E-state index contributed by atoms with van der Waals surface area (Å²) >= 11 is 0. The van der Waals surface area contributed by atoms with Crippen molar-refractivity contribution in [2.24, 2.45) is 0 Å². The molecule has 1 aromatic heterocycles. The Balaban J connectivity index is 1.84. The third kappa shape index (κ3) is 4.69. The Hall–Kier alpha value is -3.93. The molecule has 0 aliphatic carbocycles. The minimum atomic E-state index is -0.699. The molecule has 1 aliphatic rings. The largest absolute Gasteiger partial charge is 0.507 e. The highest BCUT2D eigenvalue weighted by Gasteiger charge is 2.46. The number of carbonyl (C=O) groups excluding carboxylic acids is 2. The molecule has 6 heteroatoms. The number of carbonyl (C=O) groups is 2. The highest BCUT2D eigenvalue weighted by atomic mass is 16.3. The summed E-state index contributed by atoms with van der Waals surface area (Å²) in [6.07, 6.45) is 3.32. The van der Waals surface area contributed by atoms with Gasteiger partial charge in [0, 0.05) is 43.3 Å². The fourth-order valence-corrected chi connectivity index (χ4v) is 4.57. The van der Waals surface area contributed by atoms with E-state index in [0.29, 0.717) is 5.56 Å². The quantitative estimate of drug-likeness (QED) is 0.294. The molecule has 35 heavy (non-hydrogen) atoms. The monoisotopic (exact) mass is 469 g/mol. The van der Waals surface area contributed by atoms with Crippen LogP contribution in [0.25, 0.3) is 5.76 Å². The molecule has 1 aliphatic heterocycles. The SMILES string of the molecule is CCN(CC)c1ccc(C2/C(=C(/O)c3ccc(C)c(C)c3)C(=O)C(=O)N2Cc2ccncc2)cc1. The molecule has 0 spiro atoms. The number of hydrogen-bond donors (Lipinski definition) is 1. The number of benzene rings is 2. The normalized spacial score (nSPS) is 17.1. The Morgan fingerprint density at radius 2 is 1.60 bits per heavy atom. The molecule has 1 fully saturated rings. The van der Waals surface area contributed by atoms with Gasteiger partial charge in [-0.05, 0) is 80.3 Å². The Kier molecular flexibility index (Phi) is 7.01. The van der Waals surface area contributed by atoms with Crippen LogP contribution in [0.4, 0.5) is 5.69 Å². The van der Waals surface area contributed by atoms with E-state index in [2.05, 4.69) is 23.7 Å². The van der Waals surface area contributed by atoms with E-state index < -0.39 is 17.7 Å². The van der Waals surface area contributed by atoms with Crippen molar-refractivity contribution in [1.82, 2.24) is 9.88 Å². The van der Waals surface area contributed by atoms with Crippen LogP contribution < -0.4 is 4.90 Å². The average molecular weight is 470 g/mol. The lowest BCUT2D eigenvalue weighted by molar-refractivity contribution is -0.140. The van der Waals surface area contributed by atoms with Crippen molar-refractivity contribution in [3.8, 4) is 0 Å². The van der Waals surface area contributed by atoms with Gasteiger partial charge in [-0.15, -0.1) is 0 Å². The van der Waals surface area contributed by atoms with Gasteiger partial charge in [-0.2, -0.15) is 0 Å². The van der Waals surface area contributed by atoms with Gasteiger partial charge >= 0.3 is 0 Å². The van der Waals surface area contributed by atoms with Crippen molar-refractivity contribution in [3.05, 3.63) is 100 Å². The zero-order chi connectivity index (χ0) is 25.1. The molecule has 180 valence electrons. The van der Waals surface area contributed by atoms with Crippen molar-refractivity contribution < 1.29 is 14.7 Å². The van der Waals surface area contributed by atoms with E-state index in [9.17, 15) is 14.7 Å². The molecule has 6 nitrogen and oxygen atoms in total. The molecule has 2 heterocycles. The predicted molar refractivity (Wildman–Crippen MR) is 138 cm³/mol. The number of anilines is 1. The maximum Gasteiger partial charge on any atom is 0.295 e. The summed E-state index contributed by atoms with van der Waals surface area (Å²) in [6.45, 7) is 10.1. The Morgan fingerprint density at radius 1 is 0.943 bits per heavy atom. The Bertz CT molecular complexity index is 1260. The van der Waals surface area contributed by atoms with Gasteiger partial charge in [0.25, 0.3) is 11.7 Å². The number of aryl methyl sites for hydroxylation is 2. The average Bonchev–Trinajstić information content (AvgIpc) is 3.12. The van der Waals surface area contributed by atoms with Crippen molar-refractivity contribution in [2.75, 3.05) is 18.0 Å². The summed E-state index contributed by atoms with van der Waals surface area (Å²) in [6, 6.07) is 16.4. The van der Waals surface area contributed by atoms with Crippen LogP contribution in [0.3, 0.4) is 0 Å². The highest BCUT2D eigenvalue weighted by Crippen LogP contribution is 2.40. The molecule has 1 N–H and O–H groups in total. The molecule has 1 unspecified atom stereocenters. The van der Waals surface area contributed by atoms with Gasteiger partial charge in [-0.3, -0.25) is 14.6 Å². The van der Waals surface area contributed by atoms with E-state index in [-0.39, 0.29) is 17.9 Å². The van der Waals surface area contributed by atoms with Crippen molar-refractivity contribution in [1.29, 1.82) is 0 Å². The van der Waals surface area contributed by atoms with Crippen molar-refractivity contribution >= 4 is 23.1 Å². The molecule has 4 rings (SSSR count). The van der Waals surface area contributed by atoms with Crippen LogP contribution in [0.15, 0.2) is 72.6 Å². The van der Waals surface area contributed by atoms with Crippen LogP contribution in [-0.2, 0) is 16.1 Å². The number of Topliss-reactive ketones (excluding diaryl/α,β-unsaturated/α-hetero) is 1. The molecule has 1 amide bonds. The predicted octanol–water partition coefficient (Wildman–Crippen LogP) is 5.17. The fourth-order valence-electron chi connectivity index (χ4n) is 4.57. The first kappa shape index (κ1) is 24.2. The van der Waals surface area contributed by atoms with Crippen molar-refractivity contribution in [3.63, 3.8) is 0 Å². The number of aliphatic hydroxyl groups excluding tert-OH is 1. The third-order valence-corrected chi connectivity index (χ3v) is 6.76. The van der Waals surface area contributed by atoms with Crippen LogP contribution in [0.5, 0.6) is 0 Å². The van der Waals surface area contributed by atoms with Gasteiger partial charge in [0.1, 0.15) is 5.76 Å². The first-order valence-corrected chi connectivity index (χ1v) is 12.0. The zero-order valence-corrected chi connectivity index (χ0v) is 20.7. The van der Waals surface area contributed by atoms with E-state index in [0.717, 1.165) is 41.0 Å². The standard InChI is InChI=1S/C29H31N3O3/c1-5-31(6-2)24-11-9-22(10-12-24)26-25(27(33)23-8-7-19(3)20(4)17-23)28(34)29(35)32(26)18-21-13-15-30-16-14-21/h7-17,26,33H,5-6,18H2,1-4H3/b27-25-.